The number of urea groups is 1. The molecule has 0 unspecified atom stereocenters. The van der Waals surface area contributed by atoms with Crippen molar-refractivity contribution in [1.29, 1.82) is 0 Å². The molecule has 4 bridgehead atoms. The summed E-state index contributed by atoms with van der Waals surface area (Å²) in [5.74, 6) is 1.47. The number of amides is 4. The van der Waals surface area contributed by atoms with Crippen LogP contribution in [-0.4, -0.2) is 57.3 Å². The molecule has 6 nitrogen and oxygen atoms in total. The Labute approximate surface area is 172 Å². The zero-order valence-electron chi connectivity index (χ0n) is 17.4. The third kappa shape index (κ3) is 2.74. The fraction of sp³-hybridized carbons (Fsp3) is 0.870. The summed E-state index contributed by atoms with van der Waals surface area (Å²) < 4.78 is 0. The van der Waals surface area contributed by atoms with Crippen LogP contribution < -0.4 is 0 Å². The third-order valence-corrected chi connectivity index (χ3v) is 9.21. The fourth-order valence-electron chi connectivity index (χ4n) is 8.47. The first-order valence-electron chi connectivity index (χ1n) is 12.0. The molecule has 0 aromatic carbocycles. The van der Waals surface area contributed by atoms with E-state index in [4.69, 9.17) is 0 Å². The number of carbonyl (C=O) groups is 3. The zero-order chi connectivity index (χ0) is 19.8. The van der Waals surface area contributed by atoms with Gasteiger partial charge in [-0.1, -0.05) is 12.8 Å². The Bertz CT molecular complexity index is 712. The van der Waals surface area contributed by atoms with Gasteiger partial charge in [0.2, 0.25) is 0 Å². The van der Waals surface area contributed by atoms with Crippen molar-refractivity contribution in [1.82, 2.24) is 14.7 Å². The molecule has 0 radical (unpaired) electrons. The summed E-state index contributed by atoms with van der Waals surface area (Å²) >= 11 is 0. The van der Waals surface area contributed by atoms with E-state index in [1.807, 2.05) is 0 Å². The van der Waals surface area contributed by atoms with E-state index >= 15 is 0 Å². The molecule has 7 aliphatic rings. The Morgan fingerprint density at radius 1 is 0.793 bits per heavy atom. The van der Waals surface area contributed by atoms with E-state index in [0.717, 1.165) is 38.6 Å². The highest BCUT2D eigenvalue weighted by Crippen LogP contribution is 2.58. The lowest BCUT2D eigenvalue weighted by molar-refractivity contribution is -0.150. The fourth-order valence-corrected chi connectivity index (χ4v) is 8.47. The molecule has 7 rings (SSSR count). The number of piperidine rings is 1. The number of hydrogen-bond acceptors (Lipinski definition) is 4. The predicted molar refractivity (Wildman–Crippen MR) is 107 cm³/mol. The Hall–Kier alpha value is -1.43. The smallest absolute Gasteiger partial charge is 0.282 e. The molecule has 2 atom stereocenters. The van der Waals surface area contributed by atoms with E-state index in [0.29, 0.717) is 36.4 Å². The van der Waals surface area contributed by atoms with Gasteiger partial charge >= 0.3 is 17.8 Å². The van der Waals surface area contributed by atoms with Gasteiger partial charge in [0.05, 0.1) is 12.2 Å². The van der Waals surface area contributed by atoms with Gasteiger partial charge in [0.15, 0.2) is 0 Å². The lowest BCUT2D eigenvalue weighted by atomic mass is 9.52. The first-order chi connectivity index (χ1) is 14.0. The van der Waals surface area contributed by atoms with E-state index in [-0.39, 0.29) is 11.6 Å². The number of nitrogens with zero attached hydrogens (tertiary/aromatic N) is 3. The molecule has 5 aliphatic carbocycles. The minimum atomic E-state index is -0.580. The lowest BCUT2D eigenvalue weighted by Crippen LogP contribution is -2.62. The van der Waals surface area contributed by atoms with Gasteiger partial charge in [-0.15, -0.1) is 0 Å². The van der Waals surface area contributed by atoms with Crippen molar-refractivity contribution in [2.75, 3.05) is 13.2 Å². The van der Waals surface area contributed by atoms with Crippen molar-refractivity contribution in [3.05, 3.63) is 0 Å². The zero-order valence-corrected chi connectivity index (χ0v) is 17.4. The maximum atomic E-state index is 13.5. The largest absolute Gasteiger partial charge is 0.335 e. The standard InChI is InChI=1S/C23H33N3O3/c27-20-21(28)26(23-11-15-8-16(12-23)10-17(9-15)13-23)22(29)25(20)14-24-7-3-5-18-4-1-2-6-19(18)24/h15-19H,1-14H2/t15?,16?,17?,18-,19+,23?/m1/s1. The maximum Gasteiger partial charge on any atom is 0.335 e. The van der Waals surface area contributed by atoms with Crippen LogP contribution in [0.1, 0.15) is 77.0 Å². The van der Waals surface area contributed by atoms with Crippen LogP contribution >= 0.6 is 0 Å². The van der Waals surface area contributed by atoms with E-state index < -0.39 is 11.8 Å². The Morgan fingerprint density at radius 2 is 1.41 bits per heavy atom. The summed E-state index contributed by atoms with van der Waals surface area (Å²) in [5, 5.41) is 0. The van der Waals surface area contributed by atoms with Gasteiger partial charge in [-0.05, 0) is 87.9 Å². The van der Waals surface area contributed by atoms with E-state index in [9.17, 15) is 14.4 Å². The molecule has 0 aromatic rings. The molecule has 29 heavy (non-hydrogen) atoms. The highest BCUT2D eigenvalue weighted by molar-refractivity contribution is 6.44. The van der Waals surface area contributed by atoms with Crippen molar-refractivity contribution in [2.24, 2.45) is 23.7 Å². The van der Waals surface area contributed by atoms with Crippen LogP contribution in [-0.2, 0) is 9.59 Å². The molecular formula is C23H33N3O3. The lowest BCUT2D eigenvalue weighted by Gasteiger charge is -2.58. The summed E-state index contributed by atoms with van der Waals surface area (Å²) in [6, 6.07) is 0.154. The van der Waals surface area contributed by atoms with Crippen molar-refractivity contribution >= 4 is 17.8 Å². The van der Waals surface area contributed by atoms with Crippen LogP contribution in [0.5, 0.6) is 0 Å². The Morgan fingerprint density at radius 3 is 2.10 bits per heavy atom. The van der Waals surface area contributed by atoms with Crippen molar-refractivity contribution in [2.45, 2.75) is 88.6 Å². The van der Waals surface area contributed by atoms with E-state index in [1.54, 1.807) is 0 Å². The molecule has 2 saturated heterocycles. The Balaban J connectivity index is 1.24. The Kier molecular flexibility index (Phi) is 4.13. The summed E-state index contributed by atoms with van der Waals surface area (Å²) in [5.41, 5.74) is -0.372. The molecule has 2 heterocycles. The highest BCUT2D eigenvalue weighted by Gasteiger charge is 2.61. The monoisotopic (exact) mass is 399 g/mol. The SMILES string of the molecule is O=C1C(=O)N(C23CC4CC(CC(C4)C2)C3)C(=O)N1CN1CCC[C@H]2CCCC[C@@H]21. The van der Waals surface area contributed by atoms with Crippen molar-refractivity contribution < 1.29 is 14.4 Å². The van der Waals surface area contributed by atoms with Gasteiger partial charge < -0.3 is 0 Å². The number of imide groups is 2. The maximum absolute atomic E-state index is 13.5. The summed E-state index contributed by atoms with van der Waals surface area (Å²) in [4.78, 5) is 44.5. The quantitative estimate of drug-likeness (QED) is 0.539. The second-order valence-corrected chi connectivity index (χ2v) is 11.0. The number of fused-ring (bicyclic) bond motifs is 1. The number of rotatable bonds is 3. The second kappa shape index (κ2) is 6.53. The van der Waals surface area contributed by atoms with Crippen LogP contribution in [0.2, 0.25) is 0 Å². The van der Waals surface area contributed by atoms with Gasteiger partial charge in [-0.3, -0.25) is 14.5 Å². The van der Waals surface area contributed by atoms with Gasteiger partial charge in [0.25, 0.3) is 0 Å². The number of hydrogen-bond donors (Lipinski definition) is 0. The predicted octanol–water partition coefficient (Wildman–Crippen LogP) is 3.36. The average molecular weight is 400 g/mol. The van der Waals surface area contributed by atoms with E-state index in [1.165, 1.54) is 54.7 Å². The first-order valence-corrected chi connectivity index (χ1v) is 12.0. The first kappa shape index (κ1) is 18.3. The van der Waals surface area contributed by atoms with Crippen molar-refractivity contribution in [3.63, 3.8) is 0 Å². The van der Waals surface area contributed by atoms with Crippen LogP contribution in [0.25, 0.3) is 0 Å². The molecule has 4 amide bonds. The molecule has 2 aliphatic heterocycles. The minimum Gasteiger partial charge on any atom is -0.282 e. The number of carbonyl (C=O) groups excluding carboxylic acids is 3. The summed E-state index contributed by atoms with van der Waals surface area (Å²) in [6.07, 6.45) is 13.9. The van der Waals surface area contributed by atoms with Crippen LogP contribution in [0.4, 0.5) is 4.79 Å². The highest BCUT2D eigenvalue weighted by atomic mass is 16.2. The second-order valence-electron chi connectivity index (χ2n) is 11.0. The normalized spacial score (nSPS) is 44.7. The average Bonchev–Trinajstić information content (AvgIpc) is 2.91. The number of likely N-dealkylation sites (tertiary alicyclic amines) is 1. The molecule has 0 N–H and O–H groups in total. The minimum absolute atomic E-state index is 0.313. The van der Waals surface area contributed by atoms with Crippen LogP contribution in [0, 0.1) is 23.7 Å². The molecular weight excluding hydrogens is 366 g/mol. The van der Waals surface area contributed by atoms with Crippen LogP contribution in [0.15, 0.2) is 0 Å². The van der Waals surface area contributed by atoms with Gasteiger partial charge in [0.1, 0.15) is 0 Å². The van der Waals surface area contributed by atoms with Gasteiger partial charge in [0, 0.05) is 12.6 Å². The van der Waals surface area contributed by atoms with Gasteiger partial charge in [-0.2, -0.15) is 0 Å². The van der Waals surface area contributed by atoms with Crippen LogP contribution in [0.3, 0.4) is 0 Å². The molecule has 6 heteroatoms. The van der Waals surface area contributed by atoms with E-state index in [2.05, 4.69) is 4.90 Å². The van der Waals surface area contributed by atoms with Gasteiger partial charge in [-0.25, -0.2) is 14.6 Å². The molecule has 158 valence electrons. The molecule has 0 spiro atoms. The summed E-state index contributed by atoms with van der Waals surface area (Å²) in [7, 11) is 0. The molecule has 5 saturated carbocycles. The molecule has 7 fully saturated rings. The van der Waals surface area contributed by atoms with Crippen molar-refractivity contribution in [3.8, 4) is 0 Å². The summed E-state index contributed by atoms with van der Waals surface area (Å²) in [6.45, 7) is 1.25. The third-order valence-electron chi connectivity index (χ3n) is 9.21. The topological polar surface area (TPSA) is 60.9 Å². The molecule has 0 aromatic heterocycles.